The molecular formula is C17H9F23O2. The Morgan fingerprint density at radius 3 is 1.33 bits per heavy atom. The lowest BCUT2D eigenvalue weighted by atomic mass is 9.88. The van der Waals surface area contributed by atoms with E-state index in [1.54, 1.807) is 0 Å². The highest BCUT2D eigenvalue weighted by Gasteiger charge is 2.91. The molecule has 0 heterocycles. The van der Waals surface area contributed by atoms with E-state index in [1.807, 2.05) is 0 Å². The van der Waals surface area contributed by atoms with Gasteiger partial charge in [0.1, 0.15) is 0 Å². The summed E-state index contributed by atoms with van der Waals surface area (Å²) in [5.41, 5.74) is -3.03. The third-order valence-electron chi connectivity index (χ3n) is 4.88. The van der Waals surface area contributed by atoms with Gasteiger partial charge in [0, 0.05) is 6.42 Å². The van der Waals surface area contributed by atoms with Crippen LogP contribution in [0.15, 0.2) is 11.7 Å². The topological polar surface area (TPSA) is 26.3 Å². The van der Waals surface area contributed by atoms with Gasteiger partial charge in [0.2, 0.25) is 0 Å². The number of ether oxygens (including phenoxy) is 1. The van der Waals surface area contributed by atoms with E-state index in [2.05, 4.69) is 4.74 Å². The molecule has 25 heteroatoms. The molecule has 0 spiro atoms. The Kier molecular flexibility index (Phi) is 11.3. The maximum Gasteiger partial charge on any atom is 0.425 e. The molecule has 0 aromatic carbocycles. The fraction of sp³-hybridized carbons (Fsp3) is 0.824. The zero-order valence-corrected chi connectivity index (χ0v) is 18.9. The van der Waals surface area contributed by atoms with Gasteiger partial charge in [-0.15, -0.1) is 0 Å². The average molecular weight is 682 g/mol. The molecule has 2 nitrogen and oxygen atoms in total. The Balaban J connectivity index is 6.23. The predicted octanol–water partition coefficient (Wildman–Crippen LogP) is 8.76. The minimum Gasteiger partial charge on any atom is -0.449 e. The molecular weight excluding hydrogens is 673 g/mol. The zero-order chi connectivity index (χ0) is 34.3. The monoisotopic (exact) mass is 682 g/mol. The Morgan fingerprint density at radius 2 is 1.00 bits per heavy atom. The third kappa shape index (κ3) is 7.21. The fourth-order valence-electron chi connectivity index (χ4n) is 2.60. The molecule has 0 amide bonds. The minimum atomic E-state index is -8.66. The second-order valence-corrected chi connectivity index (χ2v) is 7.83. The zero-order valence-electron chi connectivity index (χ0n) is 18.9. The summed E-state index contributed by atoms with van der Waals surface area (Å²) < 4.78 is 302. The molecule has 0 rings (SSSR count). The van der Waals surface area contributed by atoms with Crippen molar-refractivity contribution in [1.82, 2.24) is 0 Å². The Hall–Kier alpha value is -2.40. The first-order chi connectivity index (χ1) is 18.2. The molecule has 0 aliphatic heterocycles. The van der Waals surface area contributed by atoms with E-state index < -0.39 is 103 Å². The van der Waals surface area contributed by atoms with Crippen LogP contribution in [0.2, 0.25) is 0 Å². The molecule has 0 saturated carbocycles. The summed E-state index contributed by atoms with van der Waals surface area (Å²) in [6, 6.07) is 0. The van der Waals surface area contributed by atoms with Crippen molar-refractivity contribution in [2.24, 2.45) is 0 Å². The van der Waals surface area contributed by atoms with Crippen LogP contribution in [-0.2, 0) is 9.53 Å². The first-order valence-electron chi connectivity index (χ1n) is 9.74. The van der Waals surface area contributed by atoms with Gasteiger partial charge in [0.05, 0.1) is 0 Å². The van der Waals surface area contributed by atoms with Crippen molar-refractivity contribution in [3.05, 3.63) is 11.7 Å². The van der Waals surface area contributed by atoms with Crippen molar-refractivity contribution in [3.8, 4) is 0 Å². The van der Waals surface area contributed by atoms with Crippen LogP contribution in [0.4, 0.5) is 101 Å². The van der Waals surface area contributed by atoms with E-state index in [1.165, 1.54) is 0 Å². The van der Waals surface area contributed by atoms with Gasteiger partial charge >= 0.3 is 53.9 Å². The van der Waals surface area contributed by atoms with Crippen molar-refractivity contribution >= 4 is 5.97 Å². The molecule has 0 radical (unpaired) electrons. The van der Waals surface area contributed by atoms with Crippen molar-refractivity contribution in [3.63, 3.8) is 0 Å². The van der Waals surface area contributed by atoms with Gasteiger partial charge in [-0.2, -0.15) is 87.8 Å². The van der Waals surface area contributed by atoms with Crippen LogP contribution in [0.1, 0.15) is 19.3 Å². The van der Waals surface area contributed by atoms with Crippen LogP contribution in [0.3, 0.4) is 0 Å². The van der Waals surface area contributed by atoms with Crippen LogP contribution >= 0.6 is 0 Å². The van der Waals surface area contributed by atoms with Crippen molar-refractivity contribution in [2.75, 3.05) is 0 Å². The molecule has 0 fully saturated rings. The lowest BCUT2D eigenvalue weighted by Crippen LogP contribution is -2.72. The normalized spacial score (nSPS) is 16.4. The standard InChI is InChI=1S/C17H9F23O2/c18-6(19)5(7(20)21)8(41)42-4(12(27,28)29)2-1-3-10(23,24)14(33,34)16(37,38)17(39,40)15(35,36)11(25,26)9(22)13(30,31)32/h4,6,9H,1-3H2. The first kappa shape index (κ1) is 39.6. The average Bonchev–Trinajstić information content (AvgIpc) is 2.75. The second-order valence-electron chi connectivity index (χ2n) is 7.83. The Bertz CT molecular complexity index is 970. The summed E-state index contributed by atoms with van der Waals surface area (Å²) >= 11 is 0. The lowest BCUT2D eigenvalue weighted by Gasteiger charge is -2.42. The maximum atomic E-state index is 13.8. The van der Waals surface area contributed by atoms with Gasteiger partial charge < -0.3 is 4.74 Å². The number of alkyl halides is 21. The van der Waals surface area contributed by atoms with Gasteiger partial charge in [0.25, 0.3) is 18.7 Å². The number of carbonyl (C=O) groups excluding carboxylic acids is 1. The quantitative estimate of drug-likeness (QED) is 0.110. The molecule has 0 aromatic heterocycles. The fourth-order valence-corrected chi connectivity index (χ4v) is 2.60. The van der Waals surface area contributed by atoms with E-state index >= 15 is 0 Å². The minimum absolute atomic E-state index is 2.42. The van der Waals surface area contributed by atoms with E-state index in [4.69, 9.17) is 0 Å². The van der Waals surface area contributed by atoms with Crippen LogP contribution in [-0.4, -0.2) is 72.6 Å². The Morgan fingerprint density at radius 1 is 0.595 bits per heavy atom. The molecule has 2 atom stereocenters. The number of hydrogen-bond acceptors (Lipinski definition) is 2. The highest BCUT2D eigenvalue weighted by molar-refractivity contribution is 5.89. The summed E-state index contributed by atoms with van der Waals surface area (Å²) in [5, 5.41) is 0. The largest absolute Gasteiger partial charge is 0.449 e. The van der Waals surface area contributed by atoms with E-state index in [0.717, 1.165) is 0 Å². The first-order valence-corrected chi connectivity index (χ1v) is 9.74. The van der Waals surface area contributed by atoms with E-state index in [9.17, 15) is 106 Å². The Labute approximate surface area is 215 Å². The number of carbonyl (C=O) groups is 1. The van der Waals surface area contributed by atoms with Gasteiger partial charge in [0.15, 0.2) is 11.7 Å². The molecule has 250 valence electrons. The highest BCUT2D eigenvalue weighted by atomic mass is 19.4. The lowest BCUT2D eigenvalue weighted by molar-refractivity contribution is -0.436. The summed E-state index contributed by atoms with van der Waals surface area (Å²) in [6.45, 7) is 0. The number of rotatable bonds is 13. The third-order valence-corrected chi connectivity index (χ3v) is 4.88. The molecule has 0 aliphatic rings. The van der Waals surface area contributed by atoms with Gasteiger partial charge in [-0.05, 0) is 12.8 Å². The number of esters is 1. The SMILES string of the molecule is O=C(OC(CCCC(F)(F)C(F)(F)C(F)(F)C(F)(F)C(F)(F)C(F)(F)C(F)C(F)(F)F)C(F)(F)F)C(=C(F)F)C(F)F. The number of halogens is 23. The smallest absolute Gasteiger partial charge is 0.425 e. The molecule has 42 heavy (non-hydrogen) atoms. The maximum absolute atomic E-state index is 13.8. The van der Waals surface area contributed by atoms with Gasteiger partial charge in [-0.3, -0.25) is 0 Å². The van der Waals surface area contributed by atoms with Gasteiger partial charge in [-0.25, -0.2) is 18.0 Å². The second kappa shape index (κ2) is 11.9. The van der Waals surface area contributed by atoms with Crippen LogP contribution in [0, 0.1) is 0 Å². The summed E-state index contributed by atoms with van der Waals surface area (Å²) in [7, 11) is 0. The van der Waals surface area contributed by atoms with Crippen LogP contribution < -0.4 is 0 Å². The molecule has 0 N–H and O–H groups in total. The molecule has 0 aliphatic carbocycles. The van der Waals surface area contributed by atoms with Crippen molar-refractivity contribution in [2.45, 2.75) is 85.9 Å². The summed E-state index contributed by atoms with van der Waals surface area (Å²) in [5.74, 6) is -52.0. The highest BCUT2D eigenvalue weighted by Crippen LogP contribution is 2.62. The van der Waals surface area contributed by atoms with E-state index in [-0.39, 0.29) is 0 Å². The number of hydrogen-bond donors (Lipinski definition) is 0. The molecule has 0 bridgehead atoms. The van der Waals surface area contributed by atoms with Gasteiger partial charge in [-0.1, -0.05) is 0 Å². The van der Waals surface area contributed by atoms with Crippen LogP contribution in [0.5, 0.6) is 0 Å². The van der Waals surface area contributed by atoms with E-state index in [0.29, 0.717) is 0 Å². The summed E-state index contributed by atoms with van der Waals surface area (Å²) in [6.07, 6.45) is -40.2. The van der Waals surface area contributed by atoms with Crippen molar-refractivity contribution in [1.29, 1.82) is 0 Å². The molecule has 0 saturated heterocycles. The van der Waals surface area contributed by atoms with Crippen LogP contribution in [0.25, 0.3) is 0 Å². The predicted molar refractivity (Wildman–Crippen MR) is 85.7 cm³/mol. The summed E-state index contributed by atoms with van der Waals surface area (Å²) in [4.78, 5) is 11.1. The molecule has 0 aromatic rings. The van der Waals surface area contributed by atoms with Crippen molar-refractivity contribution < 1.29 is 111 Å². The molecule has 2 unspecified atom stereocenters.